The summed E-state index contributed by atoms with van der Waals surface area (Å²) in [5.41, 5.74) is 2.69. The van der Waals surface area contributed by atoms with Crippen molar-refractivity contribution in [1.29, 1.82) is 0 Å². The molecule has 2 aliphatic rings. The fourth-order valence-electron chi connectivity index (χ4n) is 4.33. The van der Waals surface area contributed by atoms with Gasteiger partial charge in [-0.25, -0.2) is 14.4 Å². The fourth-order valence-corrected chi connectivity index (χ4v) is 5.32. The maximum Gasteiger partial charge on any atom is 0.277 e. The summed E-state index contributed by atoms with van der Waals surface area (Å²) >= 11 is 1.50. The number of anilines is 3. The average Bonchev–Trinajstić information content (AvgIpc) is 3.56. The van der Waals surface area contributed by atoms with Gasteiger partial charge in [0.1, 0.15) is 12.1 Å². The van der Waals surface area contributed by atoms with Crippen molar-refractivity contribution >= 4 is 44.2 Å². The monoisotopic (exact) mass is 521 g/mol. The van der Waals surface area contributed by atoms with E-state index in [2.05, 4.69) is 20.2 Å². The van der Waals surface area contributed by atoms with Gasteiger partial charge >= 0.3 is 0 Å². The van der Waals surface area contributed by atoms with Crippen molar-refractivity contribution in [3.63, 3.8) is 0 Å². The van der Waals surface area contributed by atoms with Crippen LogP contribution >= 0.6 is 11.3 Å². The van der Waals surface area contributed by atoms with Crippen LogP contribution in [0.5, 0.6) is 0 Å². The van der Waals surface area contributed by atoms with Crippen LogP contribution in [-0.2, 0) is 4.74 Å². The molecule has 0 saturated carbocycles. The molecule has 1 N–H and O–H groups in total. The molecule has 0 radical (unpaired) electrons. The summed E-state index contributed by atoms with van der Waals surface area (Å²) in [5.74, 6) is 0.113. The van der Waals surface area contributed by atoms with Crippen LogP contribution in [0.3, 0.4) is 0 Å². The Hall–Kier alpha value is -3.90. The lowest BCUT2D eigenvalue weighted by atomic mass is 10.2. The summed E-state index contributed by atoms with van der Waals surface area (Å²) in [4.78, 5) is 35.2. The Bertz CT molecular complexity index is 1490. The molecule has 1 saturated heterocycles. The first kappa shape index (κ1) is 23.5. The molecule has 0 bridgehead atoms. The number of nitrogens with zero attached hydrogens (tertiary/aromatic N) is 6. The van der Waals surface area contributed by atoms with Crippen molar-refractivity contribution in [3.8, 4) is 11.5 Å². The van der Waals surface area contributed by atoms with Crippen LogP contribution in [0.1, 0.15) is 22.6 Å². The number of carbonyl (C=O) groups excluding carboxylic acids is 1. The van der Waals surface area contributed by atoms with Gasteiger partial charge in [0.05, 0.1) is 30.1 Å². The van der Waals surface area contributed by atoms with E-state index in [1.807, 2.05) is 24.0 Å². The Labute approximate surface area is 215 Å². The van der Waals surface area contributed by atoms with Crippen LogP contribution in [0.2, 0.25) is 0 Å². The number of halogens is 1. The predicted molar refractivity (Wildman–Crippen MR) is 139 cm³/mol. The van der Waals surface area contributed by atoms with Crippen molar-refractivity contribution in [3.05, 3.63) is 53.9 Å². The lowest BCUT2D eigenvalue weighted by Crippen LogP contribution is -2.36. The number of amides is 1. The number of aryl methyl sites for hydroxylation is 1. The van der Waals surface area contributed by atoms with Crippen LogP contribution < -0.4 is 15.1 Å². The van der Waals surface area contributed by atoms with Crippen molar-refractivity contribution in [2.45, 2.75) is 13.3 Å². The zero-order valence-electron chi connectivity index (χ0n) is 20.1. The minimum Gasteiger partial charge on any atom is -0.444 e. The van der Waals surface area contributed by atoms with Gasteiger partial charge in [-0.3, -0.25) is 9.78 Å². The first-order valence-corrected chi connectivity index (χ1v) is 12.8. The van der Waals surface area contributed by atoms with Crippen LogP contribution in [0.15, 0.2) is 47.0 Å². The molecule has 0 unspecified atom stereocenters. The number of carbonyl (C=O) groups is 1. The number of hydrogen-bond donors (Lipinski definition) is 1. The highest BCUT2D eigenvalue weighted by Gasteiger charge is 2.24. The molecule has 0 aromatic carbocycles. The van der Waals surface area contributed by atoms with Crippen LogP contribution in [0.4, 0.5) is 21.0 Å². The van der Waals surface area contributed by atoms with E-state index in [-0.39, 0.29) is 18.1 Å². The lowest BCUT2D eigenvalue weighted by Gasteiger charge is -2.27. The Morgan fingerprint density at radius 1 is 1.14 bits per heavy atom. The molecular formula is C25H24FN7O3S. The maximum absolute atomic E-state index is 14.2. The third kappa shape index (κ3) is 4.89. The molecule has 0 spiro atoms. The molecule has 10 nitrogen and oxygen atoms in total. The third-order valence-electron chi connectivity index (χ3n) is 6.17. The first-order chi connectivity index (χ1) is 18.0. The maximum atomic E-state index is 14.2. The van der Waals surface area contributed by atoms with Gasteiger partial charge in [0.2, 0.25) is 5.89 Å². The summed E-state index contributed by atoms with van der Waals surface area (Å²) in [6.07, 6.45) is 5.10. The number of hydrogen-bond acceptors (Lipinski definition) is 10. The van der Waals surface area contributed by atoms with Crippen LogP contribution in [-0.4, -0.2) is 65.2 Å². The minimum atomic E-state index is -0.450. The highest BCUT2D eigenvalue weighted by atomic mass is 32.1. The van der Waals surface area contributed by atoms with Gasteiger partial charge in [0.15, 0.2) is 22.3 Å². The molecule has 1 amide bonds. The summed E-state index contributed by atoms with van der Waals surface area (Å²) in [6.45, 7) is 5.32. The van der Waals surface area contributed by atoms with Gasteiger partial charge in [-0.2, -0.15) is 4.98 Å². The number of aromatic nitrogens is 4. The van der Waals surface area contributed by atoms with E-state index in [4.69, 9.17) is 19.1 Å². The zero-order valence-corrected chi connectivity index (χ0v) is 20.9. The average molecular weight is 522 g/mol. The van der Waals surface area contributed by atoms with E-state index in [1.165, 1.54) is 17.6 Å². The number of nitrogens with one attached hydrogen (secondary N) is 1. The van der Waals surface area contributed by atoms with Gasteiger partial charge in [0, 0.05) is 37.1 Å². The van der Waals surface area contributed by atoms with Crippen molar-refractivity contribution in [1.82, 2.24) is 19.9 Å². The molecule has 37 heavy (non-hydrogen) atoms. The molecule has 4 aromatic heterocycles. The summed E-state index contributed by atoms with van der Waals surface area (Å²) in [7, 11) is 0. The topological polar surface area (TPSA) is 110 Å². The highest BCUT2D eigenvalue weighted by Crippen LogP contribution is 2.36. The van der Waals surface area contributed by atoms with E-state index in [9.17, 15) is 9.18 Å². The summed E-state index contributed by atoms with van der Waals surface area (Å²) in [6, 6.07) is 5.45. The van der Waals surface area contributed by atoms with Crippen molar-refractivity contribution in [2.24, 2.45) is 0 Å². The molecule has 4 aromatic rings. The van der Waals surface area contributed by atoms with E-state index >= 15 is 0 Å². The molecule has 2 aliphatic heterocycles. The van der Waals surface area contributed by atoms with Gasteiger partial charge in [-0.1, -0.05) is 11.3 Å². The number of pyridine rings is 2. The molecule has 0 aliphatic carbocycles. The summed E-state index contributed by atoms with van der Waals surface area (Å²) < 4.78 is 26.0. The van der Waals surface area contributed by atoms with E-state index in [0.29, 0.717) is 49.2 Å². The Morgan fingerprint density at radius 3 is 2.81 bits per heavy atom. The summed E-state index contributed by atoms with van der Waals surface area (Å²) in [5, 5.41) is 3.77. The number of morpholine rings is 1. The molecular weight excluding hydrogens is 497 g/mol. The normalized spacial score (nSPS) is 16.2. The predicted octanol–water partition coefficient (Wildman–Crippen LogP) is 4.20. The molecule has 12 heteroatoms. The number of oxazole rings is 1. The standard InChI is InChI=1S/C25H24FN7O3S/c1-15-11-16(4-5-27-15)24-29-19(14-36-24)23(34)28-18-12-20-21(30-22(18)33-6-2-3-17(26)13-33)31-25(37-20)32-7-9-35-10-8-32/h3-5,11-12,14H,2,6-10,13H2,1H3,(H,28,34). The number of fused-ring (bicyclic) bond motifs is 1. The van der Waals surface area contributed by atoms with Crippen LogP contribution in [0.25, 0.3) is 21.8 Å². The number of thiazole rings is 1. The van der Waals surface area contributed by atoms with Crippen molar-refractivity contribution < 1.29 is 18.3 Å². The van der Waals surface area contributed by atoms with Gasteiger partial charge in [-0.05, 0) is 37.6 Å². The first-order valence-electron chi connectivity index (χ1n) is 12.0. The lowest BCUT2D eigenvalue weighted by molar-refractivity contribution is 0.102. The van der Waals surface area contributed by atoms with E-state index in [1.54, 1.807) is 18.3 Å². The number of ether oxygens (including phenoxy) is 1. The minimum absolute atomic E-state index is 0.0807. The van der Waals surface area contributed by atoms with Crippen molar-refractivity contribution in [2.75, 3.05) is 54.5 Å². The van der Waals surface area contributed by atoms with Gasteiger partial charge in [0.25, 0.3) is 5.91 Å². The number of rotatable bonds is 5. The third-order valence-corrected chi connectivity index (χ3v) is 7.22. The quantitative estimate of drug-likeness (QED) is 0.413. The van der Waals surface area contributed by atoms with E-state index in [0.717, 1.165) is 34.2 Å². The second-order valence-corrected chi connectivity index (χ2v) is 9.83. The van der Waals surface area contributed by atoms with Gasteiger partial charge < -0.3 is 24.3 Å². The second kappa shape index (κ2) is 9.87. The Balaban J connectivity index is 1.33. The van der Waals surface area contributed by atoms with Gasteiger partial charge in [-0.15, -0.1) is 0 Å². The Kier molecular flexibility index (Phi) is 6.26. The highest BCUT2D eigenvalue weighted by molar-refractivity contribution is 7.22. The molecule has 190 valence electrons. The zero-order chi connectivity index (χ0) is 25.4. The molecule has 6 rings (SSSR count). The SMILES string of the molecule is Cc1cc(-c2nc(C(=O)Nc3cc4sc(N5CCOCC5)nc4nc3N3CCC=C(F)C3)co2)ccn1. The molecule has 1 fully saturated rings. The van der Waals surface area contributed by atoms with Crippen LogP contribution in [0, 0.1) is 6.92 Å². The largest absolute Gasteiger partial charge is 0.444 e. The second-order valence-electron chi connectivity index (χ2n) is 8.82. The fraction of sp³-hybridized carbons (Fsp3) is 0.320. The Morgan fingerprint density at radius 2 is 2.00 bits per heavy atom. The van der Waals surface area contributed by atoms with E-state index < -0.39 is 5.91 Å². The molecule has 6 heterocycles. The smallest absolute Gasteiger partial charge is 0.277 e. The molecule has 0 atom stereocenters.